The molecule has 0 spiro atoms. The zero-order valence-corrected chi connectivity index (χ0v) is 23.5. The van der Waals surface area contributed by atoms with Gasteiger partial charge in [0.25, 0.3) is 10.0 Å². The van der Waals surface area contributed by atoms with E-state index in [9.17, 15) is 21.9 Å². The summed E-state index contributed by atoms with van der Waals surface area (Å²) < 4.78 is 63.5. The van der Waals surface area contributed by atoms with E-state index < -0.39 is 19.9 Å². The number of rotatable bonds is 7. The van der Waals surface area contributed by atoms with E-state index in [4.69, 9.17) is 4.74 Å². The average Bonchev–Trinajstić information content (AvgIpc) is 2.92. The predicted molar refractivity (Wildman–Crippen MR) is 151 cm³/mol. The Kier molecular flexibility index (Phi) is 7.80. The third-order valence-electron chi connectivity index (χ3n) is 6.14. The number of sulfonamides is 1. The summed E-state index contributed by atoms with van der Waals surface area (Å²) in [7, 11) is -6.87. The van der Waals surface area contributed by atoms with Crippen LogP contribution in [-0.4, -0.2) is 34.9 Å². The topological polar surface area (TPSA) is 122 Å². The van der Waals surface area contributed by atoms with Crippen molar-refractivity contribution in [2.75, 3.05) is 12.4 Å². The van der Waals surface area contributed by atoms with Crippen LogP contribution in [0.2, 0.25) is 0 Å². The van der Waals surface area contributed by atoms with E-state index in [2.05, 4.69) is 9.71 Å². The van der Waals surface area contributed by atoms with Crippen molar-refractivity contribution < 1.29 is 26.7 Å². The Bertz CT molecular complexity index is 1750. The van der Waals surface area contributed by atoms with Gasteiger partial charge >= 0.3 is 0 Å². The summed E-state index contributed by atoms with van der Waals surface area (Å²) in [6, 6.07) is 22.1. The number of hydrogen-bond acceptors (Lipinski definition) is 6. The third-order valence-corrected chi connectivity index (χ3v) is 9.39. The maximum Gasteiger partial charge on any atom is 0.284 e. The molecule has 0 unspecified atom stereocenters. The minimum Gasteiger partial charge on any atom is -0.507 e. The summed E-state index contributed by atoms with van der Waals surface area (Å²) >= 11 is 0. The van der Waals surface area contributed by atoms with E-state index >= 15 is 0 Å². The first-order valence-electron chi connectivity index (χ1n) is 11.9. The van der Waals surface area contributed by atoms with Crippen LogP contribution < -0.4 is 10.1 Å². The van der Waals surface area contributed by atoms with Gasteiger partial charge < -0.3 is 15.2 Å². The second-order valence-electron chi connectivity index (χ2n) is 8.94. The molecule has 2 N–H and O–H groups in total. The van der Waals surface area contributed by atoms with Crippen LogP contribution in [0, 0.1) is 20.8 Å². The Morgan fingerprint density at radius 2 is 1.41 bits per heavy atom. The zero-order valence-electron chi connectivity index (χ0n) is 21.8. The van der Waals surface area contributed by atoms with Crippen LogP contribution in [0.15, 0.2) is 104 Å². The van der Waals surface area contributed by atoms with Crippen LogP contribution in [0.4, 0.5) is 5.69 Å². The molecular weight excluding hydrogens is 536 g/mol. The fourth-order valence-corrected chi connectivity index (χ4v) is 6.63. The van der Waals surface area contributed by atoms with Gasteiger partial charge in [-0.3, -0.25) is 0 Å². The lowest BCUT2D eigenvalue weighted by atomic mass is 10.1. The molecule has 0 heterocycles. The Labute approximate surface area is 228 Å². The number of nitrogens with one attached hydrogen (secondary N) is 1. The molecule has 0 aromatic heterocycles. The van der Waals surface area contributed by atoms with Crippen LogP contribution in [0.5, 0.6) is 11.5 Å². The van der Waals surface area contributed by atoms with Gasteiger partial charge in [0.15, 0.2) is 5.84 Å². The number of ether oxygens (including phenoxy) is 1. The average molecular weight is 565 g/mol. The number of sulfone groups is 1. The molecule has 0 bridgehead atoms. The zero-order chi connectivity index (χ0) is 28.4. The number of amidine groups is 1. The molecule has 4 rings (SSSR count). The maximum atomic E-state index is 13.8. The van der Waals surface area contributed by atoms with Gasteiger partial charge in [-0.15, -0.1) is 4.40 Å². The van der Waals surface area contributed by atoms with Gasteiger partial charge in [-0.25, -0.2) is 8.42 Å². The number of nitrogens with zero attached hydrogens (tertiary/aromatic N) is 1. The Balaban J connectivity index is 1.92. The molecule has 0 amide bonds. The second-order valence-corrected chi connectivity index (χ2v) is 12.4. The fourth-order valence-electron chi connectivity index (χ4n) is 4.02. The smallest absolute Gasteiger partial charge is 0.284 e. The summed E-state index contributed by atoms with van der Waals surface area (Å²) in [5, 5.41) is 13.6. The van der Waals surface area contributed by atoms with E-state index in [1.165, 1.54) is 56.5 Å². The van der Waals surface area contributed by atoms with Crippen molar-refractivity contribution in [2.45, 2.75) is 35.5 Å². The number of phenolic OH excluding ortho intramolecular Hbond substituents is 1. The predicted octanol–water partition coefficient (Wildman–Crippen LogP) is 5.41. The lowest BCUT2D eigenvalue weighted by molar-refractivity contribution is 0.414. The third kappa shape index (κ3) is 5.81. The monoisotopic (exact) mass is 564 g/mol. The van der Waals surface area contributed by atoms with Crippen LogP contribution >= 0.6 is 0 Å². The van der Waals surface area contributed by atoms with Crippen molar-refractivity contribution in [1.29, 1.82) is 0 Å². The minimum atomic E-state index is -4.18. The number of phenols is 1. The number of anilines is 1. The van der Waals surface area contributed by atoms with Gasteiger partial charge in [-0.1, -0.05) is 48.0 Å². The summed E-state index contributed by atoms with van der Waals surface area (Å²) in [5.41, 5.74) is 1.90. The molecule has 39 heavy (non-hydrogen) atoms. The molecule has 4 aromatic carbocycles. The lowest BCUT2D eigenvalue weighted by Gasteiger charge is -2.19. The van der Waals surface area contributed by atoms with Crippen LogP contribution in [0.3, 0.4) is 0 Å². The van der Waals surface area contributed by atoms with E-state index in [-0.39, 0.29) is 37.5 Å². The summed E-state index contributed by atoms with van der Waals surface area (Å²) in [5.74, 6) is 0.223. The molecule has 8 nitrogen and oxygen atoms in total. The molecule has 202 valence electrons. The van der Waals surface area contributed by atoms with Crippen molar-refractivity contribution in [3.05, 3.63) is 107 Å². The highest BCUT2D eigenvalue weighted by atomic mass is 32.2. The van der Waals surface area contributed by atoms with Crippen LogP contribution in [0.1, 0.15) is 22.3 Å². The number of hydrogen-bond donors (Lipinski definition) is 2. The Hall–Kier alpha value is -4.15. The van der Waals surface area contributed by atoms with Crippen molar-refractivity contribution in [3.8, 4) is 11.5 Å². The van der Waals surface area contributed by atoms with Crippen LogP contribution in [-0.2, 0) is 19.9 Å². The molecule has 0 saturated heterocycles. The van der Waals surface area contributed by atoms with E-state index in [1.54, 1.807) is 49.4 Å². The first-order chi connectivity index (χ1) is 18.4. The van der Waals surface area contributed by atoms with E-state index in [1.807, 2.05) is 6.92 Å². The Morgan fingerprint density at radius 3 is 2.00 bits per heavy atom. The molecule has 0 aliphatic carbocycles. The number of benzene rings is 4. The highest BCUT2D eigenvalue weighted by Gasteiger charge is 2.28. The van der Waals surface area contributed by atoms with Crippen molar-refractivity contribution in [3.63, 3.8) is 0 Å². The summed E-state index contributed by atoms with van der Waals surface area (Å²) in [6.07, 6.45) is 0. The van der Waals surface area contributed by atoms with Crippen LogP contribution in [0.25, 0.3) is 0 Å². The quantitative estimate of drug-likeness (QED) is 0.175. The number of methoxy groups -OCH3 is 1. The van der Waals surface area contributed by atoms with E-state index in [0.29, 0.717) is 16.9 Å². The minimum absolute atomic E-state index is 0.00697. The van der Waals surface area contributed by atoms with Gasteiger partial charge in [0.05, 0.1) is 22.6 Å². The molecule has 0 aliphatic heterocycles. The van der Waals surface area contributed by atoms with Gasteiger partial charge in [0.1, 0.15) is 16.4 Å². The lowest BCUT2D eigenvalue weighted by Crippen LogP contribution is -2.19. The molecule has 0 aliphatic rings. The summed E-state index contributed by atoms with van der Waals surface area (Å²) in [6.45, 7) is 4.96. The second kappa shape index (κ2) is 10.9. The SMILES string of the molecule is COc1ccc(S(=O)(=O)c2c(NC(=NS(=O)(=O)c3ccc(C)cc3)c3ccccc3)cc(C)c(O)c2C)cc1. The van der Waals surface area contributed by atoms with Gasteiger partial charge in [-0.2, -0.15) is 8.42 Å². The molecule has 0 atom stereocenters. The first kappa shape index (κ1) is 27.9. The molecule has 10 heteroatoms. The largest absolute Gasteiger partial charge is 0.507 e. The van der Waals surface area contributed by atoms with Crippen molar-refractivity contribution in [1.82, 2.24) is 0 Å². The van der Waals surface area contributed by atoms with Gasteiger partial charge in [-0.05, 0) is 68.8 Å². The highest BCUT2D eigenvalue weighted by molar-refractivity contribution is 7.91. The molecule has 0 saturated carbocycles. The van der Waals surface area contributed by atoms with Crippen molar-refractivity contribution in [2.24, 2.45) is 4.40 Å². The first-order valence-corrected chi connectivity index (χ1v) is 14.8. The van der Waals surface area contributed by atoms with E-state index in [0.717, 1.165) is 5.56 Å². The standard InChI is InChI=1S/C29H28N2O6S2/c1-19-10-14-25(15-11-19)39(35,36)31-29(22-8-6-5-7-9-22)30-26-18-20(2)27(32)21(3)28(26)38(33,34)24-16-12-23(37-4)13-17-24/h5-18,32H,1-4H3,(H,30,31). The van der Waals surface area contributed by atoms with Gasteiger partial charge in [0, 0.05) is 11.1 Å². The number of aromatic hydroxyl groups is 1. The highest BCUT2D eigenvalue weighted by Crippen LogP contribution is 2.38. The molecule has 0 radical (unpaired) electrons. The molecular formula is C29H28N2O6S2. The van der Waals surface area contributed by atoms with Crippen molar-refractivity contribution >= 4 is 31.4 Å². The molecule has 0 fully saturated rings. The number of aryl methyl sites for hydroxylation is 2. The molecule has 4 aromatic rings. The normalized spacial score (nSPS) is 12.3. The Morgan fingerprint density at radius 1 is 0.821 bits per heavy atom. The maximum absolute atomic E-state index is 13.8. The fraction of sp³-hybridized carbons (Fsp3) is 0.138. The summed E-state index contributed by atoms with van der Waals surface area (Å²) in [4.78, 5) is -0.234. The van der Waals surface area contributed by atoms with Gasteiger partial charge in [0.2, 0.25) is 9.84 Å².